The molecule has 0 saturated heterocycles. The molecule has 1 aromatic heterocycles. The van der Waals surface area contributed by atoms with Gasteiger partial charge in [0.1, 0.15) is 0 Å². The largest absolute Gasteiger partial charge is 0.397 e. The fourth-order valence-corrected chi connectivity index (χ4v) is 1.43. The van der Waals surface area contributed by atoms with E-state index in [9.17, 15) is 0 Å². The van der Waals surface area contributed by atoms with Crippen LogP contribution in [0.25, 0.3) is 10.9 Å². The molecule has 2 aromatic rings. The third kappa shape index (κ3) is 1.12. The highest BCUT2D eigenvalue weighted by Crippen LogP contribution is 2.20. The smallest absolute Gasteiger partial charge is 0.0836 e. The number of nitrogens with two attached hydrogens (primary N) is 1. The molecule has 0 aliphatic carbocycles. The number of aromatic nitrogens is 1. The van der Waals surface area contributed by atoms with Crippen LogP contribution >= 0.6 is 12.6 Å². The summed E-state index contributed by atoms with van der Waals surface area (Å²) in [6.45, 7) is 0. The number of nitrogens with zero attached hydrogens (tertiary/aromatic N) is 1. The van der Waals surface area contributed by atoms with Crippen LogP contribution in [0, 0.1) is 0 Å². The first-order valence-corrected chi connectivity index (χ1v) is 4.05. The van der Waals surface area contributed by atoms with Crippen molar-refractivity contribution >= 4 is 29.2 Å². The average molecular weight is 176 g/mol. The van der Waals surface area contributed by atoms with E-state index < -0.39 is 0 Å². The van der Waals surface area contributed by atoms with E-state index in [1.165, 1.54) is 0 Å². The molecule has 0 spiro atoms. The Hall–Kier alpha value is -1.22. The average Bonchev–Trinajstić information content (AvgIpc) is 2.04. The van der Waals surface area contributed by atoms with Crippen molar-refractivity contribution in [1.82, 2.24) is 4.98 Å². The zero-order chi connectivity index (χ0) is 8.55. The van der Waals surface area contributed by atoms with Gasteiger partial charge in [-0.05, 0) is 12.1 Å². The van der Waals surface area contributed by atoms with Crippen LogP contribution in [0.3, 0.4) is 0 Å². The molecular formula is C9H8N2S. The molecule has 0 unspecified atom stereocenters. The maximum absolute atomic E-state index is 5.59. The van der Waals surface area contributed by atoms with Crippen LogP contribution in [-0.2, 0) is 0 Å². The molecule has 0 aliphatic heterocycles. The first kappa shape index (κ1) is 7.43. The lowest BCUT2D eigenvalue weighted by Gasteiger charge is -1.99. The van der Waals surface area contributed by atoms with Crippen LogP contribution in [0.2, 0.25) is 0 Å². The van der Waals surface area contributed by atoms with Crippen LogP contribution in [0.5, 0.6) is 0 Å². The summed E-state index contributed by atoms with van der Waals surface area (Å²) < 4.78 is 0. The van der Waals surface area contributed by atoms with E-state index in [4.69, 9.17) is 5.73 Å². The van der Waals surface area contributed by atoms with Gasteiger partial charge in [0.25, 0.3) is 0 Å². The number of benzene rings is 1. The maximum Gasteiger partial charge on any atom is 0.0836 e. The van der Waals surface area contributed by atoms with Crippen molar-refractivity contribution < 1.29 is 0 Å². The fraction of sp³-hybridized carbons (Fsp3) is 0. The molecule has 12 heavy (non-hydrogen) atoms. The molecule has 1 heterocycles. The highest BCUT2D eigenvalue weighted by atomic mass is 32.1. The first-order chi connectivity index (χ1) is 5.77. The van der Waals surface area contributed by atoms with Gasteiger partial charge in [0.2, 0.25) is 0 Å². The molecule has 0 amide bonds. The Morgan fingerprint density at radius 2 is 2.17 bits per heavy atom. The highest BCUT2D eigenvalue weighted by molar-refractivity contribution is 7.80. The van der Waals surface area contributed by atoms with Crippen LogP contribution < -0.4 is 5.73 Å². The first-order valence-electron chi connectivity index (χ1n) is 3.60. The van der Waals surface area contributed by atoms with Crippen LogP contribution in [0.15, 0.2) is 35.4 Å². The summed E-state index contributed by atoms with van der Waals surface area (Å²) in [7, 11) is 0. The molecule has 0 atom stereocenters. The predicted octanol–water partition coefficient (Wildman–Crippen LogP) is 2.11. The normalized spacial score (nSPS) is 10.4. The molecule has 2 nitrogen and oxygen atoms in total. The van der Waals surface area contributed by atoms with Gasteiger partial charge in [-0.15, -0.1) is 12.6 Å². The Kier molecular flexibility index (Phi) is 1.66. The van der Waals surface area contributed by atoms with E-state index in [1.807, 2.05) is 24.3 Å². The van der Waals surface area contributed by atoms with Crippen LogP contribution in [-0.4, -0.2) is 4.98 Å². The fourth-order valence-electron chi connectivity index (χ4n) is 1.16. The second kappa shape index (κ2) is 2.68. The minimum atomic E-state index is 0.682. The molecule has 2 N–H and O–H groups in total. The number of hydrogen-bond donors (Lipinski definition) is 2. The van der Waals surface area contributed by atoms with E-state index >= 15 is 0 Å². The molecule has 0 fully saturated rings. The maximum atomic E-state index is 5.59. The van der Waals surface area contributed by atoms with Crippen molar-refractivity contribution in [1.29, 1.82) is 0 Å². The summed E-state index contributed by atoms with van der Waals surface area (Å²) in [6.07, 6.45) is 1.64. The molecule has 2 rings (SSSR count). The summed E-state index contributed by atoms with van der Waals surface area (Å²) >= 11 is 4.28. The summed E-state index contributed by atoms with van der Waals surface area (Å²) in [5, 5.41) is 1.03. The van der Waals surface area contributed by atoms with Gasteiger partial charge in [-0.1, -0.05) is 12.1 Å². The van der Waals surface area contributed by atoms with Gasteiger partial charge >= 0.3 is 0 Å². The van der Waals surface area contributed by atoms with E-state index in [2.05, 4.69) is 17.6 Å². The number of anilines is 1. The lowest BCUT2D eigenvalue weighted by atomic mass is 10.2. The van der Waals surface area contributed by atoms with Crippen LogP contribution in [0.4, 0.5) is 5.69 Å². The van der Waals surface area contributed by atoms with Crippen molar-refractivity contribution in [2.24, 2.45) is 0 Å². The molecule has 60 valence electrons. The van der Waals surface area contributed by atoms with Crippen molar-refractivity contribution in [3.05, 3.63) is 30.5 Å². The van der Waals surface area contributed by atoms with Gasteiger partial charge in [-0.2, -0.15) is 0 Å². The second-order valence-corrected chi connectivity index (χ2v) is 3.10. The van der Waals surface area contributed by atoms with Gasteiger partial charge in [-0.25, -0.2) is 0 Å². The van der Waals surface area contributed by atoms with Gasteiger partial charge in [-0.3, -0.25) is 4.98 Å². The summed E-state index contributed by atoms with van der Waals surface area (Å²) in [4.78, 5) is 5.06. The van der Waals surface area contributed by atoms with E-state index in [0.29, 0.717) is 5.69 Å². The van der Waals surface area contributed by atoms with Crippen molar-refractivity contribution in [2.75, 3.05) is 5.73 Å². The molecule has 3 heteroatoms. The zero-order valence-electron chi connectivity index (χ0n) is 6.36. The van der Waals surface area contributed by atoms with E-state index in [-0.39, 0.29) is 0 Å². The topological polar surface area (TPSA) is 38.9 Å². The Labute approximate surface area is 75.8 Å². The highest BCUT2D eigenvalue weighted by Gasteiger charge is 1.97. The molecular weight excluding hydrogens is 168 g/mol. The van der Waals surface area contributed by atoms with Gasteiger partial charge < -0.3 is 5.73 Å². The number of nitrogen functional groups attached to an aromatic ring is 1. The minimum absolute atomic E-state index is 0.682. The standard InChI is InChI=1S/C9H8N2S/c10-7-4-6-2-1-3-8(12)9(6)11-5-7/h1-5,12H,10H2. The third-order valence-corrected chi connectivity index (χ3v) is 2.07. The van der Waals surface area contributed by atoms with Crippen molar-refractivity contribution in [3.8, 4) is 0 Å². The Morgan fingerprint density at radius 1 is 1.33 bits per heavy atom. The van der Waals surface area contributed by atoms with Gasteiger partial charge in [0, 0.05) is 10.3 Å². The van der Waals surface area contributed by atoms with Gasteiger partial charge in [0.05, 0.1) is 17.4 Å². The van der Waals surface area contributed by atoms with Gasteiger partial charge in [0.15, 0.2) is 0 Å². The summed E-state index contributed by atoms with van der Waals surface area (Å²) in [6, 6.07) is 7.71. The molecule has 0 saturated carbocycles. The van der Waals surface area contributed by atoms with Crippen molar-refractivity contribution in [3.63, 3.8) is 0 Å². The number of rotatable bonds is 0. The van der Waals surface area contributed by atoms with Crippen molar-refractivity contribution in [2.45, 2.75) is 4.90 Å². The Balaban J connectivity index is 2.86. The second-order valence-electron chi connectivity index (χ2n) is 2.62. The molecule has 1 aromatic carbocycles. The number of thiol groups is 1. The SMILES string of the molecule is Nc1cnc2c(S)cccc2c1. The monoisotopic (exact) mass is 176 g/mol. The summed E-state index contributed by atoms with van der Waals surface area (Å²) in [5.41, 5.74) is 7.17. The van der Waals surface area contributed by atoms with E-state index in [0.717, 1.165) is 15.8 Å². The molecule has 0 radical (unpaired) electrons. The van der Waals surface area contributed by atoms with E-state index in [1.54, 1.807) is 6.20 Å². The summed E-state index contributed by atoms with van der Waals surface area (Å²) in [5.74, 6) is 0. The minimum Gasteiger partial charge on any atom is -0.397 e. The molecule has 0 bridgehead atoms. The number of pyridine rings is 1. The zero-order valence-corrected chi connectivity index (χ0v) is 7.25. The Morgan fingerprint density at radius 3 is 3.00 bits per heavy atom. The van der Waals surface area contributed by atoms with Crippen LogP contribution in [0.1, 0.15) is 0 Å². The number of para-hydroxylation sites is 1. The third-order valence-electron chi connectivity index (χ3n) is 1.71. The molecule has 0 aliphatic rings. The quantitative estimate of drug-likeness (QED) is 0.603. The number of fused-ring (bicyclic) bond motifs is 1. The predicted molar refractivity (Wildman–Crippen MR) is 53.4 cm³/mol. The Bertz CT molecular complexity index is 426. The lowest BCUT2D eigenvalue weighted by molar-refractivity contribution is 1.36. The lowest BCUT2D eigenvalue weighted by Crippen LogP contribution is -1.87. The number of hydrogen-bond acceptors (Lipinski definition) is 3.